The first-order valence-electron chi connectivity index (χ1n) is 7.34. The third-order valence-electron chi connectivity index (χ3n) is 4.01. The number of aromatic nitrogens is 1. The van der Waals surface area contributed by atoms with Gasteiger partial charge in [0, 0.05) is 11.8 Å². The lowest BCUT2D eigenvalue weighted by molar-refractivity contribution is -1.11. The first-order valence-corrected chi connectivity index (χ1v) is 7.34. The molecule has 3 rings (SSSR count). The van der Waals surface area contributed by atoms with Crippen LogP contribution in [0, 0.1) is 0 Å². The molecule has 2 aliphatic heterocycles. The molecule has 1 atom stereocenters. The first kappa shape index (κ1) is 14.1. The summed E-state index contributed by atoms with van der Waals surface area (Å²) in [6.07, 6.45) is 4.71. The molecule has 7 nitrogen and oxygen atoms in total. The van der Waals surface area contributed by atoms with Crippen LogP contribution in [-0.4, -0.2) is 53.0 Å². The van der Waals surface area contributed by atoms with Gasteiger partial charge >= 0.3 is 0 Å². The summed E-state index contributed by atoms with van der Waals surface area (Å²) in [5, 5.41) is 29.4. The van der Waals surface area contributed by atoms with Gasteiger partial charge in [0.05, 0.1) is 0 Å². The minimum absolute atomic E-state index is 0.0611. The summed E-state index contributed by atoms with van der Waals surface area (Å²) >= 11 is 0. The number of piperidine rings is 1. The Morgan fingerprint density at radius 3 is 2.95 bits per heavy atom. The summed E-state index contributed by atoms with van der Waals surface area (Å²) in [7, 11) is 0. The predicted octanol–water partition coefficient (Wildman–Crippen LogP) is 0.195. The Kier molecular flexibility index (Phi) is 3.94. The fourth-order valence-corrected chi connectivity index (χ4v) is 2.94. The number of hydroxylamine groups is 3. The first-order chi connectivity index (χ1) is 10.2. The van der Waals surface area contributed by atoms with Crippen LogP contribution in [0.1, 0.15) is 24.8 Å². The normalized spacial score (nSPS) is 24.6. The Morgan fingerprint density at radius 2 is 2.19 bits per heavy atom. The van der Waals surface area contributed by atoms with Crippen molar-refractivity contribution >= 4 is 5.84 Å². The van der Waals surface area contributed by atoms with Crippen molar-refractivity contribution in [2.24, 2.45) is 5.16 Å². The van der Waals surface area contributed by atoms with Crippen molar-refractivity contribution in [1.82, 2.24) is 10.3 Å². The lowest BCUT2D eigenvalue weighted by atomic mass is 10.1. The lowest BCUT2D eigenvalue weighted by Crippen LogP contribution is -2.58. The third-order valence-corrected chi connectivity index (χ3v) is 4.01. The fourth-order valence-electron chi connectivity index (χ4n) is 2.94. The van der Waals surface area contributed by atoms with Gasteiger partial charge in [-0.2, -0.15) is 4.65 Å². The van der Waals surface area contributed by atoms with E-state index in [4.69, 9.17) is 4.84 Å². The van der Waals surface area contributed by atoms with Crippen LogP contribution in [0.2, 0.25) is 0 Å². The lowest BCUT2D eigenvalue weighted by Gasteiger charge is -2.37. The zero-order chi connectivity index (χ0) is 14.7. The van der Waals surface area contributed by atoms with Gasteiger partial charge in [0.25, 0.3) is 0 Å². The van der Waals surface area contributed by atoms with Crippen molar-refractivity contribution < 1.29 is 19.8 Å². The summed E-state index contributed by atoms with van der Waals surface area (Å²) in [5.74, 6) is 0.0619. The minimum atomic E-state index is -0.334. The van der Waals surface area contributed by atoms with Crippen LogP contribution in [0.3, 0.4) is 0 Å². The van der Waals surface area contributed by atoms with E-state index < -0.39 is 0 Å². The van der Waals surface area contributed by atoms with Gasteiger partial charge in [-0.15, -0.1) is 0 Å². The molecule has 3 heterocycles. The number of nitrogens with one attached hydrogen (secondary N) is 1. The molecule has 7 heteroatoms. The van der Waals surface area contributed by atoms with E-state index in [2.05, 4.69) is 15.5 Å². The molecule has 21 heavy (non-hydrogen) atoms. The molecule has 114 valence electrons. The van der Waals surface area contributed by atoms with Gasteiger partial charge < -0.3 is 15.3 Å². The Bertz CT molecular complexity index is 529. The zero-order valence-electron chi connectivity index (χ0n) is 11.9. The standard InChI is InChI=1S/C14H20N4O3/c19-14-12(5-4-6-15-14)13-16-11(10-21-17-13)9-18(20)7-2-1-3-8-18/h4-6,11,20H,1-3,7-10H2,(H-,15,16,17,19). The van der Waals surface area contributed by atoms with Crippen LogP contribution in [0.4, 0.5) is 0 Å². The molecule has 2 N–H and O–H groups in total. The highest BCUT2D eigenvalue weighted by Gasteiger charge is 2.34. The topological polar surface area (TPSA) is 89.8 Å². The number of hydrogen-bond acceptors (Lipinski definition) is 6. The number of oxime groups is 1. The summed E-state index contributed by atoms with van der Waals surface area (Å²) in [6, 6.07) is 3.28. The Hall–Kier alpha value is -1.86. The van der Waals surface area contributed by atoms with Crippen molar-refractivity contribution in [3.63, 3.8) is 0 Å². The van der Waals surface area contributed by atoms with Crippen molar-refractivity contribution in [2.75, 3.05) is 26.2 Å². The maximum absolute atomic E-state index is 11.7. The molecule has 1 unspecified atom stereocenters. The van der Waals surface area contributed by atoms with Gasteiger partial charge in [-0.25, -0.2) is 5.21 Å². The monoisotopic (exact) mass is 292 g/mol. The molecular weight excluding hydrogens is 272 g/mol. The number of hydrogen-bond donors (Lipinski definition) is 2. The summed E-state index contributed by atoms with van der Waals surface area (Å²) in [6.45, 7) is 2.47. The molecule has 1 saturated heterocycles. The molecule has 0 bridgehead atoms. The molecule has 1 aromatic rings. The quantitative estimate of drug-likeness (QED) is 0.777. The average Bonchev–Trinajstić information content (AvgIpc) is 2.48. The molecule has 0 aromatic carbocycles. The number of quaternary nitrogens is 1. The van der Waals surface area contributed by atoms with Crippen LogP contribution in [0.5, 0.6) is 5.88 Å². The van der Waals surface area contributed by atoms with E-state index in [9.17, 15) is 10.3 Å². The number of rotatable bonds is 3. The molecule has 0 radical (unpaired) electrons. The SMILES string of the molecule is [O-]c1ncccc1C1=NOCC(C[N+]2(O)CCCCC2)N1. The highest BCUT2D eigenvalue weighted by atomic mass is 16.6. The van der Waals surface area contributed by atoms with Crippen molar-refractivity contribution in [1.29, 1.82) is 0 Å². The van der Waals surface area contributed by atoms with Crippen molar-refractivity contribution in [2.45, 2.75) is 25.3 Å². The molecule has 0 spiro atoms. The highest BCUT2D eigenvalue weighted by Crippen LogP contribution is 2.18. The Labute approximate surface area is 123 Å². The van der Waals surface area contributed by atoms with E-state index in [-0.39, 0.29) is 16.6 Å². The second-order valence-electron chi connectivity index (χ2n) is 5.72. The van der Waals surface area contributed by atoms with Gasteiger partial charge in [-0.3, -0.25) is 4.98 Å². The van der Waals surface area contributed by atoms with E-state index in [1.807, 2.05) is 0 Å². The van der Waals surface area contributed by atoms with Gasteiger partial charge in [-0.05, 0) is 37.3 Å². The second-order valence-corrected chi connectivity index (χ2v) is 5.72. The maximum Gasteiger partial charge on any atom is 0.174 e. The van der Waals surface area contributed by atoms with Crippen LogP contribution < -0.4 is 10.4 Å². The Balaban J connectivity index is 1.68. The van der Waals surface area contributed by atoms with E-state index in [0.29, 0.717) is 24.6 Å². The summed E-state index contributed by atoms with van der Waals surface area (Å²) in [4.78, 5) is 8.95. The molecular formula is C14H20N4O3. The predicted molar refractivity (Wildman–Crippen MR) is 73.6 cm³/mol. The van der Waals surface area contributed by atoms with Crippen LogP contribution in [0.25, 0.3) is 0 Å². The van der Waals surface area contributed by atoms with Gasteiger partial charge in [0.1, 0.15) is 32.3 Å². The number of likely N-dealkylation sites (tertiary alicyclic amines) is 1. The third kappa shape index (κ3) is 3.25. The van der Waals surface area contributed by atoms with Crippen LogP contribution in [-0.2, 0) is 4.84 Å². The molecule has 1 fully saturated rings. The number of nitrogens with zero attached hydrogens (tertiary/aromatic N) is 3. The van der Waals surface area contributed by atoms with E-state index >= 15 is 0 Å². The van der Waals surface area contributed by atoms with Crippen LogP contribution >= 0.6 is 0 Å². The van der Waals surface area contributed by atoms with E-state index in [1.165, 1.54) is 12.6 Å². The highest BCUT2D eigenvalue weighted by molar-refractivity contribution is 6.00. The van der Waals surface area contributed by atoms with Crippen molar-refractivity contribution in [3.8, 4) is 5.88 Å². The number of amidine groups is 1. The molecule has 0 aliphatic carbocycles. The Morgan fingerprint density at radius 1 is 1.38 bits per heavy atom. The van der Waals surface area contributed by atoms with E-state index in [0.717, 1.165) is 25.9 Å². The van der Waals surface area contributed by atoms with Gasteiger partial charge in [0.15, 0.2) is 5.84 Å². The fraction of sp³-hybridized carbons (Fsp3) is 0.571. The zero-order valence-corrected chi connectivity index (χ0v) is 11.9. The summed E-state index contributed by atoms with van der Waals surface area (Å²) in [5.41, 5.74) is 0.394. The molecule has 0 saturated carbocycles. The largest absolute Gasteiger partial charge is 0.858 e. The molecule has 0 amide bonds. The molecule has 2 aliphatic rings. The summed E-state index contributed by atoms with van der Waals surface area (Å²) < 4.78 is 0.0611. The van der Waals surface area contributed by atoms with Gasteiger partial charge in [-0.1, -0.05) is 5.16 Å². The maximum atomic E-state index is 11.7. The van der Waals surface area contributed by atoms with Gasteiger partial charge in [0.2, 0.25) is 0 Å². The minimum Gasteiger partial charge on any atom is -0.858 e. The molecule has 1 aromatic heterocycles. The van der Waals surface area contributed by atoms with Crippen LogP contribution in [0.15, 0.2) is 23.5 Å². The van der Waals surface area contributed by atoms with E-state index in [1.54, 1.807) is 12.1 Å². The van der Waals surface area contributed by atoms with Crippen molar-refractivity contribution in [3.05, 3.63) is 23.9 Å². The second kappa shape index (κ2) is 5.87. The smallest absolute Gasteiger partial charge is 0.174 e. The number of pyridine rings is 1. The average molecular weight is 292 g/mol.